The molecule has 1 aliphatic heterocycles. The quantitative estimate of drug-likeness (QED) is 0.781. The van der Waals surface area contributed by atoms with Crippen LogP contribution in [0.4, 0.5) is 4.79 Å². The summed E-state index contributed by atoms with van der Waals surface area (Å²) >= 11 is 0. The molecule has 0 bridgehead atoms. The lowest BCUT2D eigenvalue weighted by molar-refractivity contribution is 0.229. The van der Waals surface area contributed by atoms with E-state index in [0.29, 0.717) is 19.6 Å². The van der Waals surface area contributed by atoms with Gasteiger partial charge in [0.2, 0.25) is 10.0 Å². The largest absolute Gasteiger partial charge is 0.338 e. The predicted molar refractivity (Wildman–Crippen MR) is 110 cm³/mol. The Labute approximate surface area is 167 Å². The predicted octanol–water partition coefficient (Wildman–Crippen LogP) is 2.75. The van der Waals surface area contributed by atoms with Crippen LogP contribution < -0.4 is 10.6 Å². The fourth-order valence-electron chi connectivity index (χ4n) is 3.51. The van der Waals surface area contributed by atoms with Crippen molar-refractivity contribution in [1.29, 1.82) is 0 Å². The maximum atomic E-state index is 12.5. The zero-order chi connectivity index (χ0) is 20.0. The molecule has 2 aromatic carbocycles. The lowest BCUT2D eigenvalue weighted by Gasteiger charge is -2.30. The van der Waals surface area contributed by atoms with Crippen molar-refractivity contribution in [3.05, 3.63) is 71.8 Å². The number of sulfonamides is 1. The molecule has 1 heterocycles. The van der Waals surface area contributed by atoms with E-state index in [0.717, 1.165) is 24.0 Å². The molecule has 150 valence electrons. The number of nitrogens with one attached hydrogen (secondary N) is 2. The molecule has 2 amide bonds. The van der Waals surface area contributed by atoms with Gasteiger partial charge in [0.15, 0.2) is 0 Å². The van der Waals surface area contributed by atoms with Gasteiger partial charge in [-0.15, -0.1) is 0 Å². The Morgan fingerprint density at radius 2 is 1.50 bits per heavy atom. The number of carbonyl (C=O) groups is 1. The van der Waals surface area contributed by atoms with Gasteiger partial charge in [0.1, 0.15) is 0 Å². The van der Waals surface area contributed by atoms with E-state index in [9.17, 15) is 13.2 Å². The summed E-state index contributed by atoms with van der Waals surface area (Å²) in [5.41, 5.74) is 2.04. The number of urea groups is 1. The molecule has 0 aliphatic carbocycles. The molecule has 1 saturated heterocycles. The fourth-order valence-corrected chi connectivity index (χ4v) is 4.39. The zero-order valence-corrected chi connectivity index (χ0v) is 16.9. The van der Waals surface area contributed by atoms with Gasteiger partial charge in [0, 0.05) is 19.6 Å². The van der Waals surface area contributed by atoms with E-state index in [4.69, 9.17) is 0 Å². The second-order valence-electron chi connectivity index (χ2n) is 7.21. The van der Waals surface area contributed by atoms with Crippen molar-refractivity contribution in [2.24, 2.45) is 5.92 Å². The van der Waals surface area contributed by atoms with Crippen LogP contribution in [0, 0.1) is 5.92 Å². The van der Waals surface area contributed by atoms with E-state index in [1.165, 1.54) is 10.6 Å². The van der Waals surface area contributed by atoms with E-state index in [1.54, 1.807) is 0 Å². The number of hydrogen-bond acceptors (Lipinski definition) is 3. The summed E-state index contributed by atoms with van der Waals surface area (Å²) in [6.07, 6.45) is 2.76. The normalized spacial score (nSPS) is 16.1. The Morgan fingerprint density at radius 1 is 1.00 bits per heavy atom. The van der Waals surface area contributed by atoms with E-state index >= 15 is 0 Å². The summed E-state index contributed by atoms with van der Waals surface area (Å²) in [6.45, 7) is 1.58. The van der Waals surface area contributed by atoms with Gasteiger partial charge in [-0.25, -0.2) is 17.5 Å². The Hall–Kier alpha value is -2.38. The lowest BCUT2D eigenvalue weighted by atomic mass is 9.98. The summed E-state index contributed by atoms with van der Waals surface area (Å²) in [7, 11) is -3.12. The van der Waals surface area contributed by atoms with E-state index < -0.39 is 10.0 Å². The molecular formula is C21H27N3O3S. The Balaban J connectivity index is 1.56. The Morgan fingerprint density at radius 3 is 1.96 bits per heavy atom. The fraction of sp³-hybridized carbons (Fsp3) is 0.381. The highest BCUT2D eigenvalue weighted by atomic mass is 32.2. The summed E-state index contributed by atoms with van der Waals surface area (Å²) < 4.78 is 24.7. The minimum atomic E-state index is -3.12. The van der Waals surface area contributed by atoms with Crippen LogP contribution in [0.3, 0.4) is 0 Å². The number of benzene rings is 2. The van der Waals surface area contributed by atoms with Crippen LogP contribution in [-0.2, 0) is 10.0 Å². The zero-order valence-electron chi connectivity index (χ0n) is 16.0. The molecule has 6 nitrogen and oxygen atoms in total. The first-order valence-electron chi connectivity index (χ1n) is 9.53. The SMILES string of the molecule is CS(=O)(=O)N1CCC(CNC(=O)NC(c2ccccc2)c2ccccc2)CC1. The smallest absolute Gasteiger partial charge is 0.315 e. The number of rotatable bonds is 6. The van der Waals surface area contributed by atoms with Crippen molar-refractivity contribution in [3.63, 3.8) is 0 Å². The van der Waals surface area contributed by atoms with Crippen LogP contribution in [-0.4, -0.2) is 44.6 Å². The van der Waals surface area contributed by atoms with Gasteiger partial charge in [0.25, 0.3) is 0 Å². The van der Waals surface area contributed by atoms with Gasteiger partial charge in [-0.2, -0.15) is 0 Å². The molecule has 1 aliphatic rings. The van der Waals surface area contributed by atoms with Crippen LogP contribution in [0.15, 0.2) is 60.7 Å². The van der Waals surface area contributed by atoms with E-state index in [2.05, 4.69) is 10.6 Å². The minimum absolute atomic E-state index is 0.219. The van der Waals surface area contributed by atoms with Crippen molar-refractivity contribution in [3.8, 4) is 0 Å². The molecule has 2 N–H and O–H groups in total. The third-order valence-corrected chi connectivity index (χ3v) is 6.44. The minimum Gasteiger partial charge on any atom is -0.338 e. The highest BCUT2D eigenvalue weighted by Gasteiger charge is 2.25. The van der Waals surface area contributed by atoms with Gasteiger partial charge in [-0.1, -0.05) is 60.7 Å². The van der Waals surface area contributed by atoms with Crippen molar-refractivity contribution >= 4 is 16.1 Å². The van der Waals surface area contributed by atoms with Crippen LogP contribution >= 0.6 is 0 Å². The second-order valence-corrected chi connectivity index (χ2v) is 9.20. The van der Waals surface area contributed by atoms with Gasteiger partial charge in [-0.3, -0.25) is 0 Å². The highest BCUT2D eigenvalue weighted by Crippen LogP contribution is 2.22. The van der Waals surface area contributed by atoms with Gasteiger partial charge in [0.05, 0.1) is 12.3 Å². The molecule has 1 fully saturated rings. The monoisotopic (exact) mass is 401 g/mol. The molecule has 0 aromatic heterocycles. The van der Waals surface area contributed by atoms with Crippen molar-refractivity contribution < 1.29 is 13.2 Å². The molecule has 3 rings (SSSR count). The summed E-state index contributed by atoms with van der Waals surface area (Å²) in [4.78, 5) is 12.5. The Bertz CT molecular complexity index is 825. The van der Waals surface area contributed by atoms with Crippen molar-refractivity contribution in [2.45, 2.75) is 18.9 Å². The second kappa shape index (κ2) is 9.21. The summed E-state index contributed by atoms with van der Waals surface area (Å²) in [6, 6.07) is 19.3. The topological polar surface area (TPSA) is 78.5 Å². The first kappa shape index (κ1) is 20.4. The summed E-state index contributed by atoms with van der Waals surface area (Å²) in [5, 5.41) is 6.02. The van der Waals surface area contributed by atoms with Crippen LogP contribution in [0.1, 0.15) is 30.0 Å². The first-order valence-corrected chi connectivity index (χ1v) is 11.4. The highest BCUT2D eigenvalue weighted by molar-refractivity contribution is 7.88. The maximum absolute atomic E-state index is 12.5. The third-order valence-electron chi connectivity index (χ3n) is 5.14. The molecule has 0 saturated carbocycles. The van der Waals surface area contributed by atoms with Gasteiger partial charge in [-0.05, 0) is 29.9 Å². The van der Waals surface area contributed by atoms with Crippen molar-refractivity contribution in [1.82, 2.24) is 14.9 Å². The average Bonchev–Trinajstić information content (AvgIpc) is 2.71. The molecule has 0 spiro atoms. The van der Waals surface area contributed by atoms with Gasteiger partial charge >= 0.3 is 6.03 Å². The third kappa shape index (κ3) is 5.56. The average molecular weight is 402 g/mol. The molecular weight excluding hydrogens is 374 g/mol. The standard InChI is InChI=1S/C21H27N3O3S/c1-28(26,27)24-14-12-17(13-15-24)16-22-21(25)23-20(18-8-4-2-5-9-18)19-10-6-3-7-11-19/h2-11,17,20H,12-16H2,1H3,(H2,22,23,25). The molecule has 0 radical (unpaired) electrons. The number of nitrogens with zero attached hydrogens (tertiary/aromatic N) is 1. The van der Waals surface area contributed by atoms with E-state index in [1.807, 2.05) is 60.7 Å². The van der Waals surface area contributed by atoms with E-state index in [-0.39, 0.29) is 18.0 Å². The lowest BCUT2D eigenvalue weighted by Crippen LogP contribution is -2.44. The first-order chi connectivity index (χ1) is 13.4. The molecule has 0 unspecified atom stereocenters. The Kier molecular flexibility index (Phi) is 6.70. The number of hydrogen-bond donors (Lipinski definition) is 2. The number of carbonyl (C=O) groups excluding carboxylic acids is 1. The number of piperidine rings is 1. The van der Waals surface area contributed by atoms with Crippen LogP contribution in [0.2, 0.25) is 0 Å². The van der Waals surface area contributed by atoms with Crippen LogP contribution in [0.5, 0.6) is 0 Å². The molecule has 7 heteroatoms. The molecule has 2 aromatic rings. The van der Waals surface area contributed by atoms with Gasteiger partial charge < -0.3 is 10.6 Å². The summed E-state index contributed by atoms with van der Waals surface area (Å²) in [5.74, 6) is 0.288. The number of amides is 2. The maximum Gasteiger partial charge on any atom is 0.315 e. The molecule has 28 heavy (non-hydrogen) atoms. The van der Waals surface area contributed by atoms with Crippen LogP contribution in [0.25, 0.3) is 0 Å². The molecule has 0 atom stereocenters. The van der Waals surface area contributed by atoms with Crippen molar-refractivity contribution in [2.75, 3.05) is 25.9 Å².